The Morgan fingerprint density at radius 3 is 3.05 bits per heavy atom. The van der Waals surface area contributed by atoms with Crippen molar-refractivity contribution < 1.29 is 4.42 Å². The van der Waals surface area contributed by atoms with Crippen molar-refractivity contribution in [1.82, 2.24) is 15.3 Å². The Morgan fingerprint density at radius 1 is 1.36 bits per heavy atom. The molecular formula is C16H13N5O. The van der Waals surface area contributed by atoms with Crippen LogP contribution in [0.3, 0.4) is 0 Å². The fraction of sp³-hybridized carbons (Fsp3) is 0.0625. The molecule has 0 aliphatic carbocycles. The lowest BCUT2D eigenvalue weighted by Crippen LogP contribution is -2.09. The molecule has 2 N–H and O–H groups in total. The third-order valence-electron chi connectivity index (χ3n) is 3.00. The minimum Gasteiger partial charge on any atom is -0.467 e. The first-order chi connectivity index (χ1) is 10.9. The molecule has 6 heteroatoms. The zero-order valence-corrected chi connectivity index (χ0v) is 11.7. The summed E-state index contributed by atoms with van der Waals surface area (Å²) in [5.74, 6) is 1.23. The smallest absolute Gasteiger partial charge is 0.223 e. The molecule has 3 rings (SSSR count). The van der Waals surface area contributed by atoms with Gasteiger partial charge in [0.05, 0.1) is 24.2 Å². The number of hydrogen-bond donors (Lipinski definition) is 2. The summed E-state index contributed by atoms with van der Waals surface area (Å²) in [5, 5.41) is 15.5. The SMILES string of the molecule is N#C/C(=C1\C=CC=CN1)c1ccnc(NCc2ccco2)n1. The van der Waals surface area contributed by atoms with E-state index in [9.17, 15) is 5.26 Å². The number of nitrogens with zero attached hydrogens (tertiary/aromatic N) is 3. The summed E-state index contributed by atoms with van der Waals surface area (Å²) in [7, 11) is 0. The first-order valence-electron chi connectivity index (χ1n) is 6.70. The lowest BCUT2D eigenvalue weighted by molar-refractivity contribution is 0.517. The van der Waals surface area contributed by atoms with Crippen LogP contribution in [0.1, 0.15) is 11.5 Å². The van der Waals surface area contributed by atoms with Gasteiger partial charge >= 0.3 is 0 Å². The zero-order chi connectivity index (χ0) is 15.2. The van der Waals surface area contributed by atoms with E-state index >= 15 is 0 Å². The Balaban J connectivity index is 1.82. The zero-order valence-electron chi connectivity index (χ0n) is 11.7. The van der Waals surface area contributed by atoms with E-state index in [2.05, 4.69) is 26.7 Å². The molecule has 22 heavy (non-hydrogen) atoms. The molecule has 0 aromatic carbocycles. The second-order valence-corrected chi connectivity index (χ2v) is 4.46. The van der Waals surface area contributed by atoms with Gasteiger partial charge in [-0.3, -0.25) is 0 Å². The highest BCUT2D eigenvalue weighted by Crippen LogP contribution is 2.18. The highest BCUT2D eigenvalue weighted by atomic mass is 16.3. The number of nitrogens with one attached hydrogen (secondary N) is 2. The van der Waals surface area contributed by atoms with Crippen LogP contribution in [0.15, 0.2) is 65.2 Å². The molecule has 0 saturated carbocycles. The lowest BCUT2D eigenvalue weighted by Gasteiger charge is -2.09. The second-order valence-electron chi connectivity index (χ2n) is 4.46. The van der Waals surface area contributed by atoms with E-state index in [1.807, 2.05) is 30.4 Å². The molecule has 2 aromatic rings. The van der Waals surface area contributed by atoms with Crippen LogP contribution in [0.4, 0.5) is 5.95 Å². The predicted octanol–water partition coefficient (Wildman–Crippen LogP) is 2.59. The molecule has 0 atom stereocenters. The number of furan rings is 1. The van der Waals surface area contributed by atoms with Gasteiger partial charge in [0.1, 0.15) is 17.4 Å². The van der Waals surface area contributed by atoms with Crippen molar-refractivity contribution >= 4 is 11.5 Å². The number of dihydropyridines is 1. The van der Waals surface area contributed by atoms with Gasteiger partial charge in [0.25, 0.3) is 0 Å². The Kier molecular flexibility index (Phi) is 3.98. The van der Waals surface area contributed by atoms with Gasteiger partial charge in [0, 0.05) is 12.4 Å². The predicted molar refractivity (Wildman–Crippen MR) is 82.0 cm³/mol. The fourth-order valence-corrected chi connectivity index (χ4v) is 1.97. The first kappa shape index (κ1) is 13.6. The van der Waals surface area contributed by atoms with Crippen LogP contribution in [-0.4, -0.2) is 9.97 Å². The number of nitriles is 1. The van der Waals surface area contributed by atoms with E-state index in [-0.39, 0.29) is 0 Å². The van der Waals surface area contributed by atoms with E-state index in [0.717, 1.165) is 5.76 Å². The van der Waals surface area contributed by atoms with E-state index in [4.69, 9.17) is 4.42 Å². The summed E-state index contributed by atoms with van der Waals surface area (Å²) in [6.45, 7) is 0.482. The van der Waals surface area contributed by atoms with E-state index in [0.29, 0.717) is 29.5 Å². The van der Waals surface area contributed by atoms with E-state index in [1.165, 1.54) is 0 Å². The summed E-state index contributed by atoms with van der Waals surface area (Å²) in [4.78, 5) is 8.53. The van der Waals surface area contributed by atoms with E-state index < -0.39 is 0 Å². The summed E-state index contributed by atoms with van der Waals surface area (Å²) in [6.07, 6.45) is 10.5. The van der Waals surface area contributed by atoms with Crippen LogP contribution in [0, 0.1) is 11.3 Å². The van der Waals surface area contributed by atoms with Crippen LogP contribution >= 0.6 is 0 Å². The van der Waals surface area contributed by atoms with Gasteiger partial charge in [-0.15, -0.1) is 0 Å². The average molecular weight is 291 g/mol. The number of anilines is 1. The molecular weight excluding hydrogens is 278 g/mol. The maximum Gasteiger partial charge on any atom is 0.223 e. The molecule has 3 heterocycles. The Labute approximate surface area is 127 Å². The number of aromatic nitrogens is 2. The largest absolute Gasteiger partial charge is 0.467 e. The van der Waals surface area contributed by atoms with Crippen molar-refractivity contribution in [3.8, 4) is 6.07 Å². The van der Waals surface area contributed by atoms with Gasteiger partial charge < -0.3 is 15.1 Å². The normalized spacial score (nSPS) is 15.0. The maximum atomic E-state index is 9.40. The van der Waals surface area contributed by atoms with Crippen LogP contribution in [0.5, 0.6) is 0 Å². The number of allylic oxidation sites excluding steroid dienone is 4. The minimum atomic E-state index is 0.442. The molecule has 0 bridgehead atoms. The molecule has 0 saturated heterocycles. The van der Waals surface area contributed by atoms with Crippen molar-refractivity contribution in [2.75, 3.05) is 5.32 Å². The lowest BCUT2D eigenvalue weighted by atomic mass is 10.1. The quantitative estimate of drug-likeness (QED) is 0.842. The molecule has 2 aromatic heterocycles. The highest BCUT2D eigenvalue weighted by Gasteiger charge is 2.10. The van der Waals surface area contributed by atoms with Crippen molar-refractivity contribution in [2.24, 2.45) is 0 Å². The van der Waals surface area contributed by atoms with Gasteiger partial charge in [-0.1, -0.05) is 6.08 Å². The molecule has 108 valence electrons. The van der Waals surface area contributed by atoms with E-state index in [1.54, 1.807) is 24.7 Å². The fourth-order valence-electron chi connectivity index (χ4n) is 1.97. The van der Waals surface area contributed by atoms with Crippen LogP contribution in [0.25, 0.3) is 5.57 Å². The summed E-state index contributed by atoms with van der Waals surface area (Å²) in [5.41, 5.74) is 1.73. The van der Waals surface area contributed by atoms with Crippen molar-refractivity contribution in [2.45, 2.75) is 6.54 Å². The summed E-state index contributed by atoms with van der Waals surface area (Å²) < 4.78 is 5.24. The molecule has 1 aliphatic rings. The third-order valence-corrected chi connectivity index (χ3v) is 3.00. The van der Waals surface area contributed by atoms with Crippen LogP contribution in [0.2, 0.25) is 0 Å². The minimum absolute atomic E-state index is 0.442. The molecule has 1 aliphatic heterocycles. The molecule has 0 spiro atoms. The molecule has 0 radical (unpaired) electrons. The van der Waals surface area contributed by atoms with Crippen molar-refractivity contribution in [3.63, 3.8) is 0 Å². The maximum absolute atomic E-state index is 9.40. The summed E-state index contributed by atoms with van der Waals surface area (Å²) in [6, 6.07) is 7.57. The topological polar surface area (TPSA) is 86.8 Å². The second kappa shape index (κ2) is 6.41. The van der Waals surface area contributed by atoms with Crippen molar-refractivity contribution in [1.29, 1.82) is 5.26 Å². The Hall–Kier alpha value is -3.33. The number of hydrogen-bond acceptors (Lipinski definition) is 6. The van der Waals surface area contributed by atoms with Gasteiger partial charge in [-0.05, 0) is 30.4 Å². The van der Waals surface area contributed by atoms with Gasteiger partial charge in [0.15, 0.2) is 0 Å². The Morgan fingerprint density at radius 2 is 2.32 bits per heavy atom. The molecule has 0 fully saturated rings. The third kappa shape index (κ3) is 3.04. The molecule has 6 nitrogen and oxygen atoms in total. The van der Waals surface area contributed by atoms with Gasteiger partial charge in [-0.2, -0.15) is 5.26 Å². The Bertz CT molecular complexity index is 781. The molecule has 0 unspecified atom stereocenters. The summed E-state index contributed by atoms with van der Waals surface area (Å²) >= 11 is 0. The monoisotopic (exact) mass is 291 g/mol. The highest BCUT2D eigenvalue weighted by molar-refractivity contribution is 5.79. The van der Waals surface area contributed by atoms with Gasteiger partial charge in [-0.25, -0.2) is 9.97 Å². The molecule has 0 amide bonds. The van der Waals surface area contributed by atoms with Crippen molar-refractivity contribution in [3.05, 3.63) is 72.2 Å². The number of rotatable bonds is 4. The van der Waals surface area contributed by atoms with Gasteiger partial charge in [0.2, 0.25) is 5.95 Å². The van der Waals surface area contributed by atoms with Crippen LogP contribution in [-0.2, 0) is 6.54 Å². The van der Waals surface area contributed by atoms with Crippen LogP contribution < -0.4 is 10.6 Å². The first-order valence-corrected chi connectivity index (χ1v) is 6.70. The standard InChI is InChI=1S/C16H13N5O/c17-10-13(14-5-1-2-7-18-14)15-6-8-19-16(21-15)20-11-12-4-3-9-22-12/h1-9,18H,11H2,(H,19,20,21)/b14-13-. The average Bonchev–Trinajstić information content (AvgIpc) is 3.09.